The van der Waals surface area contributed by atoms with Gasteiger partial charge in [-0.2, -0.15) is 5.10 Å². The molecule has 1 aliphatic heterocycles. The maximum atomic E-state index is 13.0. The van der Waals surface area contributed by atoms with Crippen LogP contribution in [0.2, 0.25) is 0 Å². The predicted molar refractivity (Wildman–Crippen MR) is 72.2 cm³/mol. The van der Waals surface area contributed by atoms with Gasteiger partial charge in [-0.25, -0.2) is 4.39 Å². The van der Waals surface area contributed by atoms with Gasteiger partial charge in [-0.1, -0.05) is 12.1 Å². The van der Waals surface area contributed by atoms with E-state index in [-0.39, 0.29) is 5.82 Å². The van der Waals surface area contributed by atoms with Gasteiger partial charge in [0, 0.05) is 25.0 Å². The predicted octanol–water partition coefficient (Wildman–Crippen LogP) is 2.86. The largest absolute Gasteiger partial charge is 0.294 e. The molecule has 0 aliphatic carbocycles. The second-order valence-electron chi connectivity index (χ2n) is 5.01. The summed E-state index contributed by atoms with van der Waals surface area (Å²) in [7, 11) is 0. The van der Waals surface area contributed by atoms with Gasteiger partial charge in [0.1, 0.15) is 5.82 Å². The number of nitrogens with zero attached hydrogens (tertiary/aromatic N) is 3. The molecule has 1 unspecified atom stereocenters. The zero-order valence-corrected chi connectivity index (χ0v) is 10.9. The van der Waals surface area contributed by atoms with E-state index in [2.05, 4.69) is 10.00 Å². The lowest BCUT2D eigenvalue weighted by atomic mass is 10.0. The molecule has 1 fully saturated rings. The summed E-state index contributed by atoms with van der Waals surface area (Å²) in [6.45, 7) is 3.01. The van der Waals surface area contributed by atoms with Crippen LogP contribution in [0.3, 0.4) is 0 Å². The molecular weight excluding hydrogens is 241 g/mol. The fourth-order valence-corrected chi connectivity index (χ4v) is 2.82. The monoisotopic (exact) mass is 259 g/mol. The lowest BCUT2D eigenvalue weighted by Crippen LogP contribution is -2.27. The Hall–Kier alpha value is -1.68. The first kappa shape index (κ1) is 12.4. The second kappa shape index (κ2) is 5.53. The highest BCUT2D eigenvalue weighted by atomic mass is 19.1. The number of aromatic nitrogens is 2. The summed E-state index contributed by atoms with van der Waals surface area (Å²) < 4.78 is 14.9. The lowest BCUT2D eigenvalue weighted by Gasteiger charge is -2.24. The quantitative estimate of drug-likeness (QED) is 0.842. The van der Waals surface area contributed by atoms with E-state index in [4.69, 9.17) is 0 Å². The first-order valence-electron chi connectivity index (χ1n) is 6.80. The van der Waals surface area contributed by atoms with Crippen molar-refractivity contribution in [1.29, 1.82) is 0 Å². The molecule has 0 bridgehead atoms. The summed E-state index contributed by atoms with van der Waals surface area (Å²) in [5, 5.41) is 4.23. The Kier molecular flexibility index (Phi) is 3.60. The van der Waals surface area contributed by atoms with Gasteiger partial charge in [0.25, 0.3) is 0 Å². The van der Waals surface area contributed by atoms with Crippen molar-refractivity contribution in [2.24, 2.45) is 0 Å². The van der Waals surface area contributed by atoms with E-state index in [9.17, 15) is 4.39 Å². The highest BCUT2D eigenvalue weighted by molar-refractivity contribution is 5.20. The minimum atomic E-state index is -0.162. The summed E-state index contributed by atoms with van der Waals surface area (Å²) in [6, 6.07) is 9.30. The number of benzene rings is 1. The lowest BCUT2D eigenvalue weighted by molar-refractivity contribution is 0.243. The fraction of sp³-hybridized carbons (Fsp3) is 0.400. The van der Waals surface area contributed by atoms with Crippen LogP contribution in [0.25, 0.3) is 0 Å². The number of hydrogen-bond acceptors (Lipinski definition) is 2. The van der Waals surface area contributed by atoms with Gasteiger partial charge in [-0.05, 0) is 43.1 Å². The first-order valence-corrected chi connectivity index (χ1v) is 6.80. The van der Waals surface area contributed by atoms with Crippen LogP contribution in [0.1, 0.15) is 24.4 Å². The van der Waals surface area contributed by atoms with Crippen molar-refractivity contribution in [2.45, 2.75) is 25.4 Å². The Morgan fingerprint density at radius 1 is 1.21 bits per heavy atom. The van der Waals surface area contributed by atoms with Crippen LogP contribution in [0, 0.1) is 5.82 Å². The van der Waals surface area contributed by atoms with E-state index in [0.717, 1.165) is 26.1 Å². The average molecular weight is 259 g/mol. The number of halogens is 1. The summed E-state index contributed by atoms with van der Waals surface area (Å²) in [6.07, 6.45) is 6.16. The molecular formula is C15H18FN3. The third-order valence-corrected chi connectivity index (χ3v) is 3.79. The van der Waals surface area contributed by atoms with Crippen LogP contribution >= 0.6 is 0 Å². The van der Waals surface area contributed by atoms with E-state index in [1.54, 1.807) is 18.3 Å². The smallest absolute Gasteiger partial charge is 0.123 e. The van der Waals surface area contributed by atoms with Crippen LogP contribution < -0.4 is 0 Å². The molecule has 0 spiro atoms. The molecule has 0 amide bonds. The number of likely N-dealkylation sites (tertiary alicyclic amines) is 1. The molecule has 0 radical (unpaired) electrons. The minimum Gasteiger partial charge on any atom is -0.294 e. The Bertz CT molecular complexity index is 507. The SMILES string of the molecule is Fc1ccc(C2CCCN2CCn2cccn2)cc1. The van der Waals surface area contributed by atoms with Gasteiger partial charge in [0.15, 0.2) is 0 Å². The molecule has 0 N–H and O–H groups in total. The van der Waals surface area contributed by atoms with Gasteiger partial charge < -0.3 is 0 Å². The molecule has 4 heteroatoms. The summed E-state index contributed by atoms with van der Waals surface area (Å²) in [4.78, 5) is 2.47. The van der Waals surface area contributed by atoms with Crippen LogP contribution in [0.15, 0.2) is 42.7 Å². The van der Waals surface area contributed by atoms with Gasteiger partial charge in [0.2, 0.25) is 0 Å². The fourth-order valence-electron chi connectivity index (χ4n) is 2.82. The molecule has 2 heterocycles. The van der Waals surface area contributed by atoms with Gasteiger partial charge in [-0.3, -0.25) is 9.58 Å². The highest BCUT2D eigenvalue weighted by Crippen LogP contribution is 2.31. The third-order valence-electron chi connectivity index (χ3n) is 3.79. The summed E-state index contributed by atoms with van der Waals surface area (Å²) in [5.74, 6) is -0.162. The van der Waals surface area contributed by atoms with Crippen LogP contribution in [-0.2, 0) is 6.54 Å². The molecule has 3 rings (SSSR count). The molecule has 3 nitrogen and oxygen atoms in total. The Morgan fingerprint density at radius 2 is 2.05 bits per heavy atom. The van der Waals surface area contributed by atoms with Crippen molar-refractivity contribution in [3.05, 3.63) is 54.1 Å². The summed E-state index contributed by atoms with van der Waals surface area (Å²) >= 11 is 0. The van der Waals surface area contributed by atoms with Crippen molar-refractivity contribution >= 4 is 0 Å². The van der Waals surface area contributed by atoms with Crippen molar-refractivity contribution in [3.63, 3.8) is 0 Å². The molecule has 1 aromatic carbocycles. The minimum absolute atomic E-state index is 0.162. The van der Waals surface area contributed by atoms with Crippen molar-refractivity contribution in [2.75, 3.05) is 13.1 Å². The molecule has 100 valence electrons. The molecule has 1 saturated heterocycles. The van der Waals surface area contributed by atoms with Crippen LogP contribution in [0.5, 0.6) is 0 Å². The van der Waals surface area contributed by atoms with E-state index in [1.165, 1.54) is 12.0 Å². The molecule has 1 aliphatic rings. The average Bonchev–Trinajstić information content (AvgIpc) is 3.08. The maximum absolute atomic E-state index is 13.0. The number of hydrogen-bond donors (Lipinski definition) is 0. The highest BCUT2D eigenvalue weighted by Gasteiger charge is 2.25. The first-order chi connectivity index (χ1) is 9.33. The Labute approximate surface area is 112 Å². The molecule has 1 aromatic heterocycles. The molecule has 0 saturated carbocycles. The summed E-state index contributed by atoms with van der Waals surface area (Å²) in [5.41, 5.74) is 1.22. The molecule has 2 aromatic rings. The topological polar surface area (TPSA) is 21.1 Å². The van der Waals surface area contributed by atoms with E-state index in [1.807, 2.05) is 29.1 Å². The van der Waals surface area contributed by atoms with Crippen LogP contribution in [0.4, 0.5) is 4.39 Å². The van der Waals surface area contributed by atoms with Gasteiger partial charge >= 0.3 is 0 Å². The van der Waals surface area contributed by atoms with E-state index < -0.39 is 0 Å². The van der Waals surface area contributed by atoms with E-state index >= 15 is 0 Å². The molecule has 19 heavy (non-hydrogen) atoms. The zero-order valence-electron chi connectivity index (χ0n) is 10.9. The number of rotatable bonds is 4. The van der Waals surface area contributed by atoms with Crippen molar-refractivity contribution in [1.82, 2.24) is 14.7 Å². The molecule has 1 atom stereocenters. The van der Waals surface area contributed by atoms with Crippen molar-refractivity contribution in [3.8, 4) is 0 Å². The second-order valence-corrected chi connectivity index (χ2v) is 5.01. The standard InChI is InChI=1S/C15H18FN3/c16-14-6-4-13(5-7-14)15-3-1-9-18(15)11-12-19-10-2-8-17-19/h2,4-8,10,15H,1,3,9,11-12H2. The Balaban J connectivity index is 1.65. The Morgan fingerprint density at radius 3 is 2.79 bits per heavy atom. The third kappa shape index (κ3) is 2.84. The van der Waals surface area contributed by atoms with Gasteiger partial charge in [0.05, 0.1) is 6.54 Å². The van der Waals surface area contributed by atoms with Gasteiger partial charge in [-0.15, -0.1) is 0 Å². The van der Waals surface area contributed by atoms with Crippen LogP contribution in [-0.4, -0.2) is 27.8 Å². The zero-order chi connectivity index (χ0) is 13.1. The normalized spacial score (nSPS) is 19.9. The van der Waals surface area contributed by atoms with Crippen molar-refractivity contribution < 1.29 is 4.39 Å². The van der Waals surface area contributed by atoms with E-state index in [0.29, 0.717) is 6.04 Å². The maximum Gasteiger partial charge on any atom is 0.123 e.